The van der Waals surface area contributed by atoms with Crippen LogP contribution in [0.2, 0.25) is 0 Å². The van der Waals surface area contributed by atoms with E-state index < -0.39 is 35.2 Å². The van der Waals surface area contributed by atoms with Crippen LogP contribution in [0.1, 0.15) is 0 Å². The summed E-state index contributed by atoms with van der Waals surface area (Å²) >= 11 is 0. The number of carbonyl (C=O) groups excluding carboxylic acids is 1. The highest BCUT2D eigenvalue weighted by atomic mass is 32.2. The number of methoxy groups -OCH3 is 1. The molecule has 0 aliphatic rings. The molecule has 0 aromatic heterocycles. The first kappa shape index (κ1) is 18.2. The fourth-order valence-electron chi connectivity index (χ4n) is 1.54. The first-order chi connectivity index (χ1) is 10.1. The average molecular weight is 340 g/mol. The third-order valence-corrected chi connectivity index (χ3v) is 4.45. The SMILES string of the molecule is COc1ccccc1S(=O)(=O)N(C)CC(=O)NCC(F)(F)F. The lowest BCUT2D eigenvalue weighted by atomic mass is 10.3. The molecule has 0 unspecified atom stereocenters. The van der Waals surface area contributed by atoms with Gasteiger partial charge in [0.1, 0.15) is 17.2 Å². The minimum atomic E-state index is -4.56. The van der Waals surface area contributed by atoms with E-state index in [1.165, 1.54) is 25.3 Å². The molecule has 0 aliphatic carbocycles. The number of hydrogen-bond donors (Lipinski definition) is 1. The number of carbonyl (C=O) groups is 1. The standard InChI is InChI=1S/C12H15F3N2O4S/c1-17(7-11(18)16-8-12(13,14)15)22(19,20)10-6-4-3-5-9(10)21-2/h3-6H,7-8H2,1-2H3,(H,16,18). The Balaban J connectivity index is 2.83. The van der Waals surface area contributed by atoms with Crippen molar-refractivity contribution in [1.29, 1.82) is 0 Å². The van der Waals surface area contributed by atoms with Crippen LogP contribution in [0.5, 0.6) is 5.75 Å². The first-order valence-corrected chi connectivity index (χ1v) is 7.44. The van der Waals surface area contributed by atoms with Crippen LogP contribution >= 0.6 is 0 Å². The number of benzene rings is 1. The van der Waals surface area contributed by atoms with E-state index in [1.807, 2.05) is 0 Å². The first-order valence-electron chi connectivity index (χ1n) is 6.00. The Kier molecular flexibility index (Phi) is 5.78. The van der Waals surface area contributed by atoms with Gasteiger partial charge in [-0.05, 0) is 12.1 Å². The second-order valence-electron chi connectivity index (χ2n) is 4.30. The smallest absolute Gasteiger partial charge is 0.405 e. The van der Waals surface area contributed by atoms with Crippen LogP contribution in [0, 0.1) is 0 Å². The van der Waals surface area contributed by atoms with Gasteiger partial charge < -0.3 is 10.1 Å². The topological polar surface area (TPSA) is 75.7 Å². The summed E-state index contributed by atoms with van der Waals surface area (Å²) in [4.78, 5) is 11.2. The molecule has 0 saturated heterocycles. The van der Waals surface area contributed by atoms with Crippen LogP contribution in [-0.4, -0.2) is 52.1 Å². The van der Waals surface area contributed by atoms with Gasteiger partial charge >= 0.3 is 6.18 Å². The number of halogens is 3. The van der Waals surface area contributed by atoms with Gasteiger partial charge in [0, 0.05) is 7.05 Å². The highest BCUT2D eigenvalue weighted by molar-refractivity contribution is 7.89. The van der Waals surface area contributed by atoms with Crippen LogP contribution in [0.15, 0.2) is 29.2 Å². The number of likely N-dealkylation sites (N-methyl/N-ethyl adjacent to an activating group) is 1. The summed E-state index contributed by atoms with van der Waals surface area (Å²) in [5.41, 5.74) is 0. The van der Waals surface area contributed by atoms with Gasteiger partial charge in [0.2, 0.25) is 15.9 Å². The Labute approximate surface area is 125 Å². The molecule has 0 bridgehead atoms. The van der Waals surface area contributed by atoms with Crippen molar-refractivity contribution in [3.8, 4) is 5.75 Å². The number of sulfonamides is 1. The summed E-state index contributed by atoms with van der Waals surface area (Å²) in [5.74, 6) is -0.983. The van der Waals surface area contributed by atoms with Crippen molar-refractivity contribution in [3.05, 3.63) is 24.3 Å². The van der Waals surface area contributed by atoms with Crippen molar-refractivity contribution in [2.45, 2.75) is 11.1 Å². The molecule has 0 spiro atoms. The monoisotopic (exact) mass is 340 g/mol. The number of ether oxygens (including phenoxy) is 1. The second kappa shape index (κ2) is 6.97. The van der Waals surface area contributed by atoms with E-state index in [9.17, 15) is 26.4 Å². The number of rotatable bonds is 6. The van der Waals surface area contributed by atoms with Crippen molar-refractivity contribution in [1.82, 2.24) is 9.62 Å². The Hall–Kier alpha value is -1.81. The zero-order valence-corrected chi connectivity index (χ0v) is 12.7. The molecule has 0 atom stereocenters. The van der Waals surface area contributed by atoms with E-state index >= 15 is 0 Å². The minimum absolute atomic E-state index is 0.0741. The Morgan fingerprint density at radius 2 is 1.91 bits per heavy atom. The lowest BCUT2D eigenvalue weighted by molar-refractivity contribution is -0.138. The lowest BCUT2D eigenvalue weighted by Gasteiger charge is -2.18. The van der Waals surface area contributed by atoms with E-state index in [4.69, 9.17) is 4.74 Å². The zero-order valence-electron chi connectivity index (χ0n) is 11.8. The lowest BCUT2D eigenvalue weighted by Crippen LogP contribution is -2.41. The number of hydrogen-bond acceptors (Lipinski definition) is 4. The molecule has 0 radical (unpaired) electrons. The fraction of sp³-hybridized carbons (Fsp3) is 0.417. The van der Waals surface area contributed by atoms with E-state index in [-0.39, 0.29) is 10.6 Å². The molecular formula is C12H15F3N2O4S. The summed E-state index contributed by atoms with van der Waals surface area (Å²) in [6.45, 7) is -2.26. The number of nitrogens with one attached hydrogen (secondary N) is 1. The highest BCUT2D eigenvalue weighted by Gasteiger charge is 2.30. The zero-order chi connectivity index (χ0) is 17.0. The number of nitrogens with zero attached hydrogens (tertiary/aromatic N) is 1. The third-order valence-electron chi connectivity index (χ3n) is 2.61. The summed E-state index contributed by atoms with van der Waals surface area (Å²) < 4.78 is 66.1. The van der Waals surface area contributed by atoms with Crippen molar-refractivity contribution in [2.75, 3.05) is 27.2 Å². The molecule has 10 heteroatoms. The van der Waals surface area contributed by atoms with Gasteiger partial charge in [-0.2, -0.15) is 17.5 Å². The van der Waals surface area contributed by atoms with Crippen molar-refractivity contribution in [2.24, 2.45) is 0 Å². The van der Waals surface area contributed by atoms with E-state index in [2.05, 4.69) is 0 Å². The van der Waals surface area contributed by atoms with E-state index in [0.717, 1.165) is 7.05 Å². The maximum absolute atomic E-state index is 12.3. The van der Waals surface area contributed by atoms with Crippen LogP contribution in [0.3, 0.4) is 0 Å². The molecule has 124 valence electrons. The quantitative estimate of drug-likeness (QED) is 0.838. The largest absolute Gasteiger partial charge is 0.495 e. The minimum Gasteiger partial charge on any atom is -0.495 e. The maximum Gasteiger partial charge on any atom is 0.405 e. The Morgan fingerprint density at radius 3 is 2.45 bits per heavy atom. The second-order valence-corrected chi connectivity index (χ2v) is 6.32. The van der Waals surface area contributed by atoms with Crippen LogP contribution < -0.4 is 10.1 Å². The number of amides is 1. The Bertz CT molecular complexity index is 632. The molecule has 1 amide bonds. The van der Waals surface area contributed by atoms with Crippen LogP contribution in [0.4, 0.5) is 13.2 Å². The molecule has 6 nitrogen and oxygen atoms in total. The van der Waals surface area contributed by atoms with Gasteiger partial charge in [0.15, 0.2) is 0 Å². The summed E-state index contributed by atoms with van der Waals surface area (Å²) in [6.07, 6.45) is -4.56. The van der Waals surface area contributed by atoms with Gasteiger partial charge in [-0.3, -0.25) is 4.79 Å². The molecule has 1 rings (SSSR count). The summed E-state index contributed by atoms with van der Waals surface area (Å²) in [6, 6.07) is 5.73. The van der Waals surface area contributed by atoms with Gasteiger partial charge in [0.25, 0.3) is 0 Å². The fourth-order valence-corrected chi connectivity index (χ4v) is 2.82. The normalized spacial score (nSPS) is 12.3. The molecule has 0 heterocycles. The molecule has 0 aliphatic heterocycles. The van der Waals surface area contributed by atoms with Gasteiger partial charge in [-0.25, -0.2) is 8.42 Å². The third kappa shape index (κ3) is 4.88. The van der Waals surface area contributed by atoms with E-state index in [1.54, 1.807) is 11.4 Å². The van der Waals surface area contributed by atoms with Crippen molar-refractivity contribution >= 4 is 15.9 Å². The molecule has 1 aromatic carbocycles. The molecule has 0 saturated carbocycles. The summed E-state index contributed by atoms with van der Waals surface area (Å²) in [7, 11) is -1.69. The predicted molar refractivity (Wildman–Crippen MR) is 71.9 cm³/mol. The average Bonchev–Trinajstić information content (AvgIpc) is 2.44. The molecule has 1 N–H and O–H groups in total. The van der Waals surface area contributed by atoms with Gasteiger partial charge in [0.05, 0.1) is 13.7 Å². The maximum atomic E-state index is 12.3. The van der Waals surface area contributed by atoms with Crippen molar-refractivity contribution < 1.29 is 31.1 Å². The Morgan fingerprint density at radius 1 is 1.32 bits per heavy atom. The molecule has 1 aromatic rings. The molecule has 22 heavy (non-hydrogen) atoms. The van der Waals surface area contributed by atoms with Crippen LogP contribution in [0.25, 0.3) is 0 Å². The molecular weight excluding hydrogens is 325 g/mol. The molecule has 0 fully saturated rings. The van der Waals surface area contributed by atoms with Crippen LogP contribution in [-0.2, 0) is 14.8 Å². The highest BCUT2D eigenvalue weighted by Crippen LogP contribution is 2.25. The van der Waals surface area contributed by atoms with E-state index in [0.29, 0.717) is 4.31 Å². The van der Waals surface area contributed by atoms with Gasteiger partial charge in [-0.15, -0.1) is 0 Å². The number of para-hydroxylation sites is 1. The predicted octanol–water partition coefficient (Wildman–Crippen LogP) is 0.994. The summed E-state index contributed by atoms with van der Waals surface area (Å²) in [5, 5.41) is 1.60. The number of alkyl halides is 3. The van der Waals surface area contributed by atoms with Crippen molar-refractivity contribution in [3.63, 3.8) is 0 Å². The van der Waals surface area contributed by atoms with Gasteiger partial charge in [-0.1, -0.05) is 12.1 Å².